The minimum atomic E-state index is -4.73. The van der Waals surface area contributed by atoms with Crippen molar-refractivity contribution in [1.82, 2.24) is 0 Å². The van der Waals surface area contributed by atoms with Crippen LogP contribution in [0.15, 0.2) is 0 Å². The summed E-state index contributed by atoms with van der Waals surface area (Å²) in [4.78, 5) is 21.5. The van der Waals surface area contributed by atoms with Crippen LogP contribution in [0.25, 0.3) is 0 Å². The molecular formula is C8H13NaO7S. The normalized spacial score (nSPS) is 29.1. The first-order valence-electron chi connectivity index (χ1n) is 4.64. The average Bonchev–Trinajstić information content (AvgIpc) is 2.15. The fourth-order valence-electron chi connectivity index (χ4n) is 1.91. The van der Waals surface area contributed by atoms with E-state index < -0.39 is 32.7 Å². The van der Waals surface area contributed by atoms with Gasteiger partial charge in [0, 0.05) is 0 Å². The van der Waals surface area contributed by atoms with E-state index in [4.69, 9.17) is 14.8 Å². The van der Waals surface area contributed by atoms with Crippen molar-refractivity contribution in [3.8, 4) is 0 Å². The number of aliphatic carboxylic acids is 2. The van der Waals surface area contributed by atoms with Gasteiger partial charge in [-0.2, -0.15) is 8.42 Å². The van der Waals surface area contributed by atoms with E-state index in [0.717, 1.165) is 0 Å². The summed E-state index contributed by atoms with van der Waals surface area (Å²) in [6.07, 6.45) is -0.890. The van der Waals surface area contributed by atoms with E-state index in [1.54, 1.807) is 0 Å². The molecule has 17 heavy (non-hydrogen) atoms. The van der Waals surface area contributed by atoms with Crippen LogP contribution in [0.4, 0.5) is 0 Å². The second-order valence-corrected chi connectivity index (χ2v) is 5.62. The van der Waals surface area contributed by atoms with E-state index in [-0.39, 0.29) is 55.2 Å². The van der Waals surface area contributed by atoms with Crippen LogP contribution in [0.3, 0.4) is 0 Å². The van der Waals surface area contributed by atoms with Crippen molar-refractivity contribution in [3.05, 3.63) is 0 Å². The zero-order valence-corrected chi connectivity index (χ0v) is 9.11. The molecule has 0 radical (unpaired) electrons. The van der Waals surface area contributed by atoms with Crippen LogP contribution in [0.1, 0.15) is 25.7 Å². The molecule has 0 aromatic rings. The first-order valence-corrected chi connectivity index (χ1v) is 6.08. The van der Waals surface area contributed by atoms with E-state index in [9.17, 15) is 18.0 Å². The molecule has 0 atom stereocenters. The number of carboxylic acids is 2. The van der Waals surface area contributed by atoms with Crippen LogP contribution in [-0.4, -0.2) is 69.4 Å². The summed E-state index contributed by atoms with van der Waals surface area (Å²) in [5.74, 6) is -3.44. The molecule has 1 aliphatic rings. The monoisotopic (exact) mass is 276 g/mol. The molecule has 0 aromatic carbocycles. The molecule has 7 nitrogen and oxygen atoms in total. The van der Waals surface area contributed by atoms with E-state index in [1.807, 2.05) is 0 Å². The molecule has 0 unspecified atom stereocenters. The molecule has 0 aliphatic heterocycles. The molecule has 0 aromatic heterocycles. The van der Waals surface area contributed by atoms with Gasteiger partial charge >= 0.3 is 41.5 Å². The Kier molecular flexibility index (Phi) is 5.61. The summed E-state index contributed by atoms with van der Waals surface area (Å²) in [5, 5.41) is 17.6. The van der Waals surface area contributed by atoms with Crippen molar-refractivity contribution in [2.75, 3.05) is 0 Å². The van der Waals surface area contributed by atoms with Gasteiger partial charge in [0.2, 0.25) is 0 Å². The van der Waals surface area contributed by atoms with Gasteiger partial charge in [0.15, 0.2) is 4.75 Å². The molecule has 94 valence electrons. The van der Waals surface area contributed by atoms with Crippen molar-refractivity contribution in [3.63, 3.8) is 0 Å². The van der Waals surface area contributed by atoms with Crippen molar-refractivity contribution in [2.24, 2.45) is 5.92 Å². The SMILES string of the molecule is O=C(O)C1CCC(C(=O)O)(S(=O)(=O)O)CC1.[NaH]. The fraction of sp³-hybridized carbons (Fsp3) is 0.750. The fourth-order valence-corrected chi connectivity index (χ4v) is 2.89. The number of rotatable bonds is 3. The van der Waals surface area contributed by atoms with Gasteiger partial charge in [-0.1, -0.05) is 0 Å². The average molecular weight is 276 g/mol. The topological polar surface area (TPSA) is 129 Å². The van der Waals surface area contributed by atoms with Crippen molar-refractivity contribution < 1.29 is 32.8 Å². The van der Waals surface area contributed by atoms with E-state index in [2.05, 4.69) is 0 Å². The van der Waals surface area contributed by atoms with Crippen molar-refractivity contribution in [1.29, 1.82) is 0 Å². The summed E-state index contributed by atoms with van der Waals surface area (Å²) >= 11 is 0. The standard InChI is InChI=1S/C8H12O7S.Na.H/c9-6(10)5-1-3-8(4-2-5,7(11)12)16(13,14)15;;/h5H,1-4H2,(H,9,10)(H,11,12)(H,13,14,15);;. The summed E-state index contributed by atoms with van der Waals surface area (Å²) < 4.78 is 28.8. The summed E-state index contributed by atoms with van der Waals surface area (Å²) in [6.45, 7) is 0. The van der Waals surface area contributed by atoms with Gasteiger partial charge in [-0.3, -0.25) is 14.1 Å². The third-order valence-corrected chi connectivity index (χ3v) is 4.60. The van der Waals surface area contributed by atoms with Crippen LogP contribution in [0.5, 0.6) is 0 Å². The molecule has 0 saturated heterocycles. The van der Waals surface area contributed by atoms with Crippen molar-refractivity contribution >= 4 is 51.6 Å². The van der Waals surface area contributed by atoms with Gasteiger partial charge in [-0.25, -0.2) is 0 Å². The molecule has 9 heteroatoms. The maximum absolute atomic E-state index is 11.1. The van der Waals surface area contributed by atoms with Crippen LogP contribution >= 0.6 is 0 Å². The summed E-state index contributed by atoms with van der Waals surface area (Å²) in [6, 6.07) is 0. The second-order valence-electron chi connectivity index (χ2n) is 3.89. The van der Waals surface area contributed by atoms with Gasteiger partial charge in [0.1, 0.15) is 0 Å². The van der Waals surface area contributed by atoms with Crippen molar-refractivity contribution in [2.45, 2.75) is 30.4 Å². The van der Waals surface area contributed by atoms with E-state index in [1.165, 1.54) is 0 Å². The Hall–Kier alpha value is -0.150. The van der Waals surface area contributed by atoms with Crippen LogP contribution in [0, 0.1) is 5.92 Å². The molecule has 0 bridgehead atoms. The predicted octanol–water partition coefficient (Wildman–Crippen LogP) is -0.676. The third kappa shape index (κ3) is 3.19. The Morgan fingerprint density at radius 3 is 1.76 bits per heavy atom. The van der Waals surface area contributed by atoms with Gasteiger partial charge in [-0.15, -0.1) is 0 Å². The predicted molar refractivity (Wildman–Crippen MR) is 58.7 cm³/mol. The van der Waals surface area contributed by atoms with Gasteiger partial charge in [0.05, 0.1) is 5.92 Å². The first-order chi connectivity index (χ1) is 7.21. The zero-order chi connectivity index (χ0) is 12.6. The molecule has 1 aliphatic carbocycles. The van der Waals surface area contributed by atoms with E-state index >= 15 is 0 Å². The van der Waals surface area contributed by atoms with E-state index in [0.29, 0.717) is 0 Å². The van der Waals surface area contributed by atoms with Crippen LogP contribution < -0.4 is 0 Å². The number of carboxylic acid groups (broad SMARTS) is 2. The Morgan fingerprint density at radius 1 is 1.12 bits per heavy atom. The maximum atomic E-state index is 11.1. The molecule has 3 N–H and O–H groups in total. The number of hydrogen-bond donors (Lipinski definition) is 3. The number of hydrogen-bond acceptors (Lipinski definition) is 4. The van der Waals surface area contributed by atoms with Crippen LogP contribution in [-0.2, 0) is 19.7 Å². The van der Waals surface area contributed by atoms with Gasteiger partial charge in [-0.05, 0) is 25.7 Å². The Morgan fingerprint density at radius 2 is 1.53 bits per heavy atom. The minimum absolute atomic E-state index is 0. The second kappa shape index (κ2) is 5.66. The summed E-state index contributed by atoms with van der Waals surface area (Å²) in [5.41, 5.74) is 0. The Labute approximate surface area is 120 Å². The molecule has 0 heterocycles. The van der Waals surface area contributed by atoms with Gasteiger partial charge < -0.3 is 10.2 Å². The molecule has 1 rings (SSSR count). The molecule has 0 amide bonds. The van der Waals surface area contributed by atoms with Crippen LogP contribution in [0.2, 0.25) is 0 Å². The van der Waals surface area contributed by atoms with Gasteiger partial charge in [0.25, 0.3) is 10.1 Å². The Balaban J connectivity index is 0.00000256. The Bertz CT molecular complexity index is 408. The molecule has 0 spiro atoms. The zero-order valence-electron chi connectivity index (χ0n) is 8.29. The molecule has 1 fully saturated rings. The molecule has 1 saturated carbocycles. The molecular weight excluding hydrogens is 263 g/mol. The summed E-state index contributed by atoms with van der Waals surface area (Å²) in [7, 11) is -4.73. The first kappa shape index (κ1) is 16.9. The number of carbonyl (C=O) groups is 2. The quantitative estimate of drug-likeness (QED) is 0.460. The third-order valence-electron chi connectivity index (χ3n) is 3.03.